The molecule has 2 aromatic heterocycles. The van der Waals surface area contributed by atoms with E-state index in [0.717, 1.165) is 6.26 Å². The highest BCUT2D eigenvalue weighted by atomic mass is 32.2. The fourth-order valence-corrected chi connectivity index (χ4v) is 3.00. The Balaban J connectivity index is 1.87. The van der Waals surface area contributed by atoms with Crippen LogP contribution in [0.3, 0.4) is 0 Å². The molecule has 130 valence electrons. The van der Waals surface area contributed by atoms with E-state index in [1.54, 1.807) is 44.2 Å². The summed E-state index contributed by atoms with van der Waals surface area (Å²) in [7, 11) is -3.35. The maximum Gasteiger partial charge on any atom is 0.258 e. The quantitative estimate of drug-likeness (QED) is 0.739. The molecule has 0 unspecified atom stereocenters. The smallest absolute Gasteiger partial charge is 0.258 e. The number of amides is 1. The van der Waals surface area contributed by atoms with Gasteiger partial charge in [-0.3, -0.25) is 9.52 Å². The summed E-state index contributed by atoms with van der Waals surface area (Å²) >= 11 is 0. The first kappa shape index (κ1) is 16.9. The van der Waals surface area contributed by atoms with E-state index in [4.69, 9.17) is 4.52 Å². The average molecular weight is 360 g/mol. The lowest BCUT2D eigenvalue weighted by Crippen LogP contribution is -2.13. The summed E-state index contributed by atoms with van der Waals surface area (Å²) in [4.78, 5) is 16.8. The van der Waals surface area contributed by atoms with Crippen LogP contribution in [0.1, 0.15) is 21.7 Å². The van der Waals surface area contributed by atoms with Gasteiger partial charge in [-0.25, -0.2) is 13.4 Å². The first-order chi connectivity index (χ1) is 11.7. The van der Waals surface area contributed by atoms with Crippen molar-refractivity contribution in [1.82, 2.24) is 10.1 Å². The van der Waals surface area contributed by atoms with Crippen molar-refractivity contribution < 1.29 is 17.7 Å². The van der Waals surface area contributed by atoms with Crippen molar-refractivity contribution in [3.05, 3.63) is 47.3 Å². The molecule has 0 radical (unpaired) electrons. The molecule has 1 aromatic carbocycles. The van der Waals surface area contributed by atoms with E-state index in [2.05, 4.69) is 20.2 Å². The lowest BCUT2D eigenvalue weighted by molar-refractivity contribution is 0.102. The molecule has 3 rings (SSSR count). The summed E-state index contributed by atoms with van der Waals surface area (Å²) in [5.74, 6) is -0.328. The minimum atomic E-state index is -3.35. The third-order valence-corrected chi connectivity index (χ3v) is 4.04. The SMILES string of the molecule is Cc1cc(C(=O)Nc2ccc(NS(C)(=O)=O)cc2)c2c(C)noc2n1. The lowest BCUT2D eigenvalue weighted by Gasteiger charge is -2.08. The van der Waals surface area contributed by atoms with Crippen LogP contribution in [-0.2, 0) is 10.0 Å². The molecule has 0 atom stereocenters. The number of rotatable bonds is 4. The highest BCUT2D eigenvalue weighted by Gasteiger charge is 2.18. The van der Waals surface area contributed by atoms with Gasteiger partial charge in [0.25, 0.3) is 11.6 Å². The Labute approximate surface area is 144 Å². The number of aromatic nitrogens is 2. The van der Waals surface area contributed by atoms with E-state index in [1.807, 2.05) is 0 Å². The normalized spacial score (nSPS) is 11.5. The van der Waals surface area contributed by atoms with E-state index in [9.17, 15) is 13.2 Å². The first-order valence-corrected chi connectivity index (χ1v) is 9.25. The highest BCUT2D eigenvalue weighted by Crippen LogP contribution is 2.23. The number of carbonyl (C=O) groups is 1. The van der Waals surface area contributed by atoms with Crippen molar-refractivity contribution in [3.63, 3.8) is 0 Å². The summed E-state index contributed by atoms with van der Waals surface area (Å²) in [6.07, 6.45) is 1.07. The van der Waals surface area contributed by atoms with E-state index in [0.29, 0.717) is 39.4 Å². The van der Waals surface area contributed by atoms with E-state index in [1.165, 1.54) is 0 Å². The van der Waals surface area contributed by atoms with Gasteiger partial charge in [0, 0.05) is 17.1 Å². The lowest BCUT2D eigenvalue weighted by atomic mass is 10.1. The Morgan fingerprint density at radius 3 is 2.40 bits per heavy atom. The largest absolute Gasteiger partial charge is 0.336 e. The van der Waals surface area contributed by atoms with Gasteiger partial charge in [-0.1, -0.05) is 5.16 Å². The van der Waals surface area contributed by atoms with Crippen LogP contribution >= 0.6 is 0 Å². The zero-order chi connectivity index (χ0) is 18.2. The van der Waals surface area contributed by atoms with Gasteiger partial charge in [0.2, 0.25) is 10.0 Å². The van der Waals surface area contributed by atoms with Crippen LogP contribution in [0, 0.1) is 13.8 Å². The van der Waals surface area contributed by atoms with Crippen LogP contribution in [0.2, 0.25) is 0 Å². The Morgan fingerprint density at radius 1 is 1.12 bits per heavy atom. The van der Waals surface area contributed by atoms with Crippen LogP contribution in [0.4, 0.5) is 11.4 Å². The van der Waals surface area contributed by atoms with E-state index in [-0.39, 0.29) is 5.91 Å². The number of aryl methyl sites for hydroxylation is 2. The summed E-state index contributed by atoms with van der Waals surface area (Å²) in [6.45, 7) is 3.50. The van der Waals surface area contributed by atoms with Gasteiger partial charge in [0.1, 0.15) is 0 Å². The fraction of sp³-hybridized carbons (Fsp3) is 0.188. The van der Waals surface area contributed by atoms with Crippen LogP contribution in [-0.4, -0.2) is 30.7 Å². The standard InChI is InChI=1S/C16H16N4O4S/c1-9-8-13(14-10(2)19-24-16(14)17-9)15(21)18-11-4-6-12(7-5-11)20-25(3,22)23/h4-8,20H,1-3H3,(H,18,21). The Bertz CT molecular complexity index is 1060. The molecular formula is C16H16N4O4S. The van der Waals surface area contributed by atoms with E-state index < -0.39 is 10.0 Å². The number of nitrogens with zero attached hydrogens (tertiary/aromatic N) is 2. The number of hydrogen-bond donors (Lipinski definition) is 2. The molecule has 0 spiro atoms. The summed E-state index contributed by atoms with van der Waals surface area (Å²) in [6, 6.07) is 8.01. The van der Waals surface area contributed by atoms with Crippen molar-refractivity contribution in [3.8, 4) is 0 Å². The molecule has 0 saturated carbocycles. The molecule has 1 amide bonds. The minimum Gasteiger partial charge on any atom is -0.336 e. The summed E-state index contributed by atoms with van der Waals surface area (Å²) < 4.78 is 29.9. The molecule has 8 nitrogen and oxygen atoms in total. The molecule has 25 heavy (non-hydrogen) atoms. The number of fused-ring (bicyclic) bond motifs is 1. The molecule has 0 fully saturated rings. The van der Waals surface area contributed by atoms with Crippen LogP contribution in [0.25, 0.3) is 11.1 Å². The Morgan fingerprint density at radius 2 is 1.76 bits per heavy atom. The molecule has 0 aliphatic carbocycles. The van der Waals surface area contributed by atoms with Crippen LogP contribution in [0.5, 0.6) is 0 Å². The topological polar surface area (TPSA) is 114 Å². The zero-order valence-electron chi connectivity index (χ0n) is 13.8. The highest BCUT2D eigenvalue weighted by molar-refractivity contribution is 7.92. The molecule has 9 heteroatoms. The molecule has 0 aliphatic heterocycles. The maximum atomic E-state index is 12.6. The van der Waals surface area contributed by atoms with Gasteiger partial charge in [0.15, 0.2) is 0 Å². The minimum absolute atomic E-state index is 0.315. The van der Waals surface area contributed by atoms with Gasteiger partial charge in [0.05, 0.1) is 22.9 Å². The number of nitrogens with one attached hydrogen (secondary N) is 2. The first-order valence-electron chi connectivity index (χ1n) is 7.36. The maximum absolute atomic E-state index is 12.6. The van der Waals surface area contributed by atoms with Crippen molar-refractivity contribution >= 4 is 38.4 Å². The van der Waals surface area contributed by atoms with Gasteiger partial charge >= 0.3 is 0 Å². The molecular weight excluding hydrogens is 344 g/mol. The molecule has 0 aliphatic rings. The van der Waals surface area contributed by atoms with Crippen molar-refractivity contribution in [2.45, 2.75) is 13.8 Å². The van der Waals surface area contributed by atoms with Crippen LogP contribution in [0.15, 0.2) is 34.9 Å². The second-order valence-electron chi connectivity index (χ2n) is 5.67. The average Bonchev–Trinajstić information content (AvgIpc) is 2.88. The third-order valence-electron chi connectivity index (χ3n) is 3.44. The number of sulfonamides is 1. The van der Waals surface area contributed by atoms with Crippen molar-refractivity contribution in [1.29, 1.82) is 0 Å². The Kier molecular flexibility index (Phi) is 4.17. The number of benzene rings is 1. The number of hydrogen-bond acceptors (Lipinski definition) is 6. The number of pyridine rings is 1. The monoisotopic (exact) mass is 360 g/mol. The van der Waals surface area contributed by atoms with Gasteiger partial charge in [-0.15, -0.1) is 0 Å². The second kappa shape index (κ2) is 6.17. The van der Waals surface area contributed by atoms with Gasteiger partial charge < -0.3 is 9.84 Å². The van der Waals surface area contributed by atoms with Gasteiger partial charge in [-0.2, -0.15) is 0 Å². The second-order valence-corrected chi connectivity index (χ2v) is 7.41. The molecule has 2 N–H and O–H groups in total. The molecule has 0 bridgehead atoms. The summed E-state index contributed by atoms with van der Waals surface area (Å²) in [5, 5.41) is 7.19. The van der Waals surface area contributed by atoms with E-state index >= 15 is 0 Å². The number of anilines is 2. The number of carbonyl (C=O) groups excluding carboxylic acids is 1. The fourth-order valence-electron chi connectivity index (χ4n) is 2.43. The van der Waals surface area contributed by atoms with Crippen molar-refractivity contribution in [2.75, 3.05) is 16.3 Å². The third kappa shape index (κ3) is 3.77. The molecule has 3 aromatic rings. The molecule has 0 saturated heterocycles. The van der Waals surface area contributed by atoms with Gasteiger partial charge in [-0.05, 0) is 44.2 Å². The molecule has 2 heterocycles. The predicted octanol–water partition coefficient (Wildman–Crippen LogP) is 2.46. The Hall–Kier alpha value is -2.94. The van der Waals surface area contributed by atoms with Crippen LogP contribution < -0.4 is 10.0 Å². The summed E-state index contributed by atoms with van der Waals surface area (Å²) in [5.41, 5.74) is 2.90. The predicted molar refractivity (Wildman–Crippen MR) is 94.1 cm³/mol. The zero-order valence-corrected chi connectivity index (χ0v) is 14.6. The van der Waals surface area contributed by atoms with Crippen molar-refractivity contribution in [2.24, 2.45) is 0 Å².